The van der Waals surface area contributed by atoms with Crippen LogP contribution in [0.2, 0.25) is 5.02 Å². The van der Waals surface area contributed by atoms with Crippen molar-refractivity contribution in [2.24, 2.45) is 10.9 Å². The number of nitrogens with two attached hydrogens (primary N) is 1. The molecule has 3 aromatic rings. The molecule has 0 amide bonds. The molecule has 0 aliphatic rings. The van der Waals surface area contributed by atoms with E-state index in [2.05, 4.69) is 5.16 Å². The van der Waals surface area contributed by atoms with Crippen molar-refractivity contribution >= 4 is 23.4 Å². The molecule has 0 saturated heterocycles. The average Bonchev–Trinajstić information content (AvgIpc) is 2.75. The number of ether oxygens (including phenoxy) is 1. The number of oxime groups is 1. The lowest BCUT2D eigenvalue weighted by molar-refractivity contribution is 0.0516. The second kappa shape index (κ2) is 9.26. The van der Waals surface area contributed by atoms with E-state index in [0.717, 1.165) is 27.5 Å². The van der Waals surface area contributed by atoms with Crippen LogP contribution in [0.4, 0.5) is 0 Å². The van der Waals surface area contributed by atoms with Crippen molar-refractivity contribution in [2.75, 3.05) is 0 Å². The molecule has 6 heteroatoms. The summed E-state index contributed by atoms with van der Waals surface area (Å²) < 4.78 is 5.82. The van der Waals surface area contributed by atoms with Crippen molar-refractivity contribution in [3.05, 3.63) is 99.6 Å². The molecule has 5 nitrogen and oxygen atoms in total. The lowest BCUT2D eigenvalue weighted by Gasteiger charge is -2.10. The molecule has 0 saturated carbocycles. The van der Waals surface area contributed by atoms with Gasteiger partial charge in [0, 0.05) is 10.6 Å². The number of halogens is 1. The van der Waals surface area contributed by atoms with Crippen molar-refractivity contribution in [3.8, 4) is 5.75 Å². The van der Waals surface area contributed by atoms with Crippen molar-refractivity contribution < 1.29 is 14.4 Å². The number of rotatable bonds is 6. The van der Waals surface area contributed by atoms with Crippen molar-refractivity contribution in [1.82, 2.24) is 0 Å². The Morgan fingerprint density at radius 3 is 2.21 bits per heavy atom. The molecule has 0 unspecified atom stereocenters. The minimum atomic E-state index is -0.583. The minimum absolute atomic E-state index is 0.137. The maximum absolute atomic E-state index is 12.1. The van der Waals surface area contributed by atoms with E-state index in [4.69, 9.17) is 26.9 Å². The van der Waals surface area contributed by atoms with Gasteiger partial charge in [-0.25, -0.2) is 4.79 Å². The predicted molar refractivity (Wildman–Crippen MR) is 114 cm³/mol. The summed E-state index contributed by atoms with van der Waals surface area (Å²) in [5.41, 5.74) is 9.72. The Morgan fingerprint density at radius 1 is 0.966 bits per heavy atom. The molecule has 0 atom stereocenters. The highest BCUT2D eigenvalue weighted by atomic mass is 35.5. The van der Waals surface area contributed by atoms with Gasteiger partial charge in [-0.3, -0.25) is 0 Å². The van der Waals surface area contributed by atoms with Gasteiger partial charge in [-0.2, -0.15) is 0 Å². The van der Waals surface area contributed by atoms with Gasteiger partial charge in [0.1, 0.15) is 12.4 Å². The van der Waals surface area contributed by atoms with Gasteiger partial charge in [-0.05, 0) is 54.8 Å². The van der Waals surface area contributed by atoms with Crippen LogP contribution in [0.25, 0.3) is 0 Å². The SMILES string of the molecule is Cc1cc(OCc2ccc(C(=O)O/N=C(\N)c3ccccc3)cc2)cc(C)c1Cl. The fourth-order valence-electron chi connectivity index (χ4n) is 2.70. The molecule has 0 bridgehead atoms. The van der Waals surface area contributed by atoms with E-state index in [-0.39, 0.29) is 5.84 Å². The third-order valence-corrected chi connectivity index (χ3v) is 4.90. The van der Waals surface area contributed by atoms with Crippen molar-refractivity contribution in [3.63, 3.8) is 0 Å². The molecule has 3 aromatic carbocycles. The lowest BCUT2D eigenvalue weighted by atomic mass is 10.1. The predicted octanol–water partition coefficient (Wildman–Crippen LogP) is 5.01. The van der Waals surface area contributed by atoms with Crippen molar-refractivity contribution in [1.29, 1.82) is 0 Å². The number of carbonyl (C=O) groups is 1. The maximum atomic E-state index is 12.1. The summed E-state index contributed by atoms with van der Waals surface area (Å²) in [5.74, 6) is 0.302. The molecule has 2 N–H and O–H groups in total. The zero-order valence-corrected chi connectivity index (χ0v) is 16.9. The Hall–Kier alpha value is -3.31. The fraction of sp³-hybridized carbons (Fsp3) is 0.130. The molecule has 0 heterocycles. The zero-order chi connectivity index (χ0) is 20.8. The van der Waals surface area contributed by atoms with Crippen LogP contribution in [0, 0.1) is 13.8 Å². The summed E-state index contributed by atoms with van der Waals surface area (Å²) in [4.78, 5) is 17.1. The van der Waals surface area contributed by atoms with E-state index >= 15 is 0 Å². The third kappa shape index (κ3) is 5.36. The number of aryl methyl sites for hydroxylation is 2. The Bertz CT molecular complexity index is 1010. The van der Waals surface area contributed by atoms with Gasteiger partial charge < -0.3 is 15.3 Å². The number of hydrogen-bond acceptors (Lipinski definition) is 4. The monoisotopic (exact) mass is 408 g/mol. The molecule has 0 radical (unpaired) electrons. The first kappa shape index (κ1) is 20.4. The first-order valence-electron chi connectivity index (χ1n) is 9.03. The standard InChI is InChI=1S/C23H21ClN2O3/c1-15-12-20(13-16(2)21(15)24)28-14-17-8-10-19(11-9-17)23(27)29-26-22(25)18-6-4-3-5-7-18/h3-13H,14H2,1-2H3,(H2,25,26). The van der Waals surface area contributed by atoms with Crippen LogP contribution in [-0.2, 0) is 11.4 Å². The number of amidine groups is 1. The Kier molecular flexibility index (Phi) is 6.52. The van der Waals surface area contributed by atoms with Crippen LogP contribution in [0.5, 0.6) is 5.75 Å². The molecular weight excluding hydrogens is 388 g/mol. The van der Waals surface area contributed by atoms with Crippen LogP contribution in [0.15, 0.2) is 71.9 Å². The van der Waals surface area contributed by atoms with Crippen LogP contribution in [0.1, 0.15) is 32.6 Å². The summed E-state index contributed by atoms with van der Waals surface area (Å²) in [7, 11) is 0. The highest BCUT2D eigenvalue weighted by Crippen LogP contribution is 2.26. The average molecular weight is 409 g/mol. The quantitative estimate of drug-likeness (QED) is 0.269. The lowest BCUT2D eigenvalue weighted by Crippen LogP contribution is -2.15. The smallest absolute Gasteiger partial charge is 0.365 e. The van der Waals surface area contributed by atoms with Gasteiger partial charge in [0.05, 0.1) is 5.56 Å². The molecule has 0 fully saturated rings. The van der Waals surface area contributed by atoms with Gasteiger partial charge in [-0.1, -0.05) is 59.2 Å². The van der Waals surface area contributed by atoms with E-state index in [1.807, 2.05) is 44.2 Å². The molecule has 0 spiro atoms. The largest absolute Gasteiger partial charge is 0.489 e. The molecule has 29 heavy (non-hydrogen) atoms. The van der Waals surface area contributed by atoms with Gasteiger partial charge in [0.25, 0.3) is 0 Å². The van der Waals surface area contributed by atoms with Gasteiger partial charge >= 0.3 is 5.97 Å². The van der Waals surface area contributed by atoms with Crippen LogP contribution in [-0.4, -0.2) is 11.8 Å². The summed E-state index contributed by atoms with van der Waals surface area (Å²) >= 11 is 6.18. The summed E-state index contributed by atoms with van der Waals surface area (Å²) in [6.07, 6.45) is 0. The molecule has 148 valence electrons. The fourth-order valence-corrected chi connectivity index (χ4v) is 2.81. The van der Waals surface area contributed by atoms with Gasteiger partial charge in [0.15, 0.2) is 5.84 Å². The number of carbonyl (C=O) groups excluding carboxylic acids is 1. The van der Waals surface area contributed by atoms with Crippen LogP contribution >= 0.6 is 11.6 Å². The van der Waals surface area contributed by atoms with Gasteiger partial charge in [0.2, 0.25) is 0 Å². The minimum Gasteiger partial charge on any atom is -0.489 e. The summed E-state index contributed by atoms with van der Waals surface area (Å²) in [6.45, 7) is 4.25. The normalized spacial score (nSPS) is 11.2. The van der Waals surface area contributed by atoms with E-state index in [0.29, 0.717) is 17.7 Å². The second-order valence-electron chi connectivity index (χ2n) is 6.58. The Balaban J connectivity index is 1.59. The van der Waals surface area contributed by atoms with Crippen LogP contribution < -0.4 is 10.5 Å². The first-order chi connectivity index (χ1) is 13.9. The van der Waals surface area contributed by atoms with Crippen molar-refractivity contribution in [2.45, 2.75) is 20.5 Å². The second-order valence-corrected chi connectivity index (χ2v) is 6.96. The topological polar surface area (TPSA) is 73.9 Å². The van der Waals surface area contributed by atoms with Crippen LogP contribution in [0.3, 0.4) is 0 Å². The first-order valence-corrected chi connectivity index (χ1v) is 9.40. The van der Waals surface area contributed by atoms with E-state index in [9.17, 15) is 4.79 Å². The molecular formula is C23H21ClN2O3. The maximum Gasteiger partial charge on any atom is 0.365 e. The number of hydrogen-bond donors (Lipinski definition) is 1. The van der Waals surface area contributed by atoms with E-state index < -0.39 is 5.97 Å². The Morgan fingerprint density at radius 2 is 1.59 bits per heavy atom. The Labute approximate surface area is 174 Å². The molecule has 3 rings (SSSR count). The zero-order valence-electron chi connectivity index (χ0n) is 16.2. The van der Waals surface area contributed by atoms with Gasteiger partial charge in [-0.15, -0.1) is 0 Å². The molecule has 0 aliphatic carbocycles. The van der Waals surface area contributed by atoms with E-state index in [1.54, 1.807) is 36.4 Å². The molecule has 0 aliphatic heterocycles. The highest BCUT2D eigenvalue weighted by molar-refractivity contribution is 6.32. The number of benzene rings is 3. The van der Waals surface area contributed by atoms with E-state index in [1.165, 1.54) is 0 Å². The third-order valence-electron chi connectivity index (χ3n) is 4.30. The highest BCUT2D eigenvalue weighted by Gasteiger charge is 2.09. The molecule has 0 aromatic heterocycles. The summed E-state index contributed by atoms with van der Waals surface area (Å²) in [5, 5.41) is 4.45. The number of nitrogens with zero attached hydrogens (tertiary/aromatic N) is 1. The summed E-state index contributed by atoms with van der Waals surface area (Å²) in [6, 6.07) is 19.8.